The van der Waals surface area contributed by atoms with Gasteiger partial charge in [-0.1, -0.05) is 26.0 Å². The lowest BCUT2D eigenvalue weighted by Gasteiger charge is -2.23. The number of hydrogen-bond donors (Lipinski definition) is 1. The molecule has 0 aliphatic carbocycles. The molecule has 0 saturated heterocycles. The van der Waals surface area contributed by atoms with E-state index in [9.17, 15) is 21.6 Å². The summed E-state index contributed by atoms with van der Waals surface area (Å²) in [5.41, 5.74) is 5.10. The van der Waals surface area contributed by atoms with Crippen molar-refractivity contribution in [1.29, 1.82) is 0 Å². The molecule has 7 nitrogen and oxygen atoms in total. The lowest BCUT2D eigenvalue weighted by Crippen LogP contribution is -2.40. The van der Waals surface area contributed by atoms with Gasteiger partial charge >= 0.3 is 0 Å². The maximum Gasteiger partial charge on any atom is 0.244 e. The molecule has 0 saturated carbocycles. The average Bonchev–Trinajstić information content (AvgIpc) is 2.36. The van der Waals surface area contributed by atoms with Crippen molar-refractivity contribution in [1.82, 2.24) is 4.31 Å². The van der Waals surface area contributed by atoms with E-state index in [1.165, 1.54) is 24.3 Å². The van der Waals surface area contributed by atoms with Crippen LogP contribution in [0.3, 0.4) is 0 Å². The Hall–Kier alpha value is -1.45. The molecule has 2 N–H and O–H groups in total. The van der Waals surface area contributed by atoms with Gasteiger partial charge < -0.3 is 5.73 Å². The number of rotatable bonds is 7. The number of sulfone groups is 1. The minimum absolute atomic E-state index is 0.0560. The van der Waals surface area contributed by atoms with Gasteiger partial charge in [-0.2, -0.15) is 4.31 Å². The van der Waals surface area contributed by atoms with Gasteiger partial charge in [-0.3, -0.25) is 4.79 Å². The van der Waals surface area contributed by atoms with Gasteiger partial charge in [0.25, 0.3) is 0 Å². The molecule has 1 amide bonds. The number of carbonyl (C=O) groups excluding carboxylic acids is 1. The molecule has 0 aliphatic heterocycles. The minimum atomic E-state index is -4.15. The van der Waals surface area contributed by atoms with E-state index in [2.05, 4.69) is 0 Å². The Morgan fingerprint density at radius 1 is 1.14 bits per heavy atom. The number of sulfonamides is 1. The number of amides is 1. The van der Waals surface area contributed by atoms with Crippen molar-refractivity contribution in [3.8, 4) is 0 Å². The molecule has 1 aromatic carbocycles. The first kappa shape index (κ1) is 18.6. The summed E-state index contributed by atoms with van der Waals surface area (Å²) in [5, 5.41) is 0. The quantitative estimate of drug-likeness (QED) is 0.757. The maximum absolute atomic E-state index is 12.7. The molecular weight excluding hydrogens is 328 g/mol. The first-order valence-electron chi connectivity index (χ1n) is 6.53. The highest BCUT2D eigenvalue weighted by Gasteiger charge is 2.31. The van der Waals surface area contributed by atoms with Crippen molar-refractivity contribution < 1.29 is 21.6 Å². The number of nitrogens with zero attached hydrogens (tertiary/aromatic N) is 1. The summed E-state index contributed by atoms with van der Waals surface area (Å²) in [6, 6.07) is 5.30. The van der Waals surface area contributed by atoms with E-state index in [0.29, 0.717) is 0 Å². The zero-order chi connectivity index (χ0) is 17.1. The van der Waals surface area contributed by atoms with E-state index in [1.54, 1.807) is 13.8 Å². The Morgan fingerprint density at radius 3 is 2.05 bits per heavy atom. The lowest BCUT2D eigenvalue weighted by molar-refractivity contribution is -0.118. The highest BCUT2D eigenvalue weighted by Crippen LogP contribution is 2.24. The smallest absolute Gasteiger partial charge is 0.244 e. The van der Waals surface area contributed by atoms with E-state index in [1.807, 2.05) is 0 Å². The van der Waals surface area contributed by atoms with Crippen molar-refractivity contribution in [2.75, 3.05) is 19.3 Å². The molecule has 9 heteroatoms. The first-order chi connectivity index (χ1) is 9.96. The molecule has 0 heterocycles. The normalized spacial score (nSPS) is 12.8. The molecule has 124 valence electrons. The number of primary amides is 1. The average molecular weight is 348 g/mol. The second-order valence-corrected chi connectivity index (χ2v) is 9.27. The van der Waals surface area contributed by atoms with Crippen LogP contribution in [0.2, 0.25) is 0 Å². The summed E-state index contributed by atoms with van der Waals surface area (Å²) in [6.07, 6.45) is 0.933. The SMILES string of the molecule is CC(C)CN(CC(N)=O)S(=O)(=O)c1ccccc1S(C)(=O)=O. The zero-order valence-corrected chi connectivity index (χ0v) is 14.3. The Labute approximate surface area is 131 Å². The second kappa shape index (κ2) is 6.76. The predicted octanol–water partition coefficient (Wildman–Crippen LogP) is 0.222. The van der Waals surface area contributed by atoms with Crippen LogP contribution in [0.25, 0.3) is 0 Å². The van der Waals surface area contributed by atoms with Gasteiger partial charge in [0.15, 0.2) is 9.84 Å². The molecule has 0 radical (unpaired) electrons. The summed E-state index contributed by atoms with van der Waals surface area (Å²) >= 11 is 0. The van der Waals surface area contributed by atoms with Crippen LogP contribution in [0.5, 0.6) is 0 Å². The molecule has 0 fully saturated rings. The minimum Gasteiger partial charge on any atom is -0.369 e. The molecule has 0 atom stereocenters. The third-order valence-corrected chi connectivity index (χ3v) is 5.92. The fourth-order valence-corrected chi connectivity index (χ4v) is 5.11. The van der Waals surface area contributed by atoms with Crippen LogP contribution in [-0.4, -0.2) is 46.4 Å². The third-order valence-electron chi connectivity index (χ3n) is 2.77. The summed E-state index contributed by atoms with van der Waals surface area (Å²) in [6.45, 7) is 3.12. The highest BCUT2D eigenvalue weighted by atomic mass is 32.2. The fourth-order valence-electron chi connectivity index (χ4n) is 1.94. The van der Waals surface area contributed by atoms with E-state index in [0.717, 1.165) is 10.6 Å². The zero-order valence-electron chi connectivity index (χ0n) is 12.7. The van der Waals surface area contributed by atoms with Gasteiger partial charge in [-0.15, -0.1) is 0 Å². The first-order valence-corrected chi connectivity index (χ1v) is 9.87. The van der Waals surface area contributed by atoms with Crippen LogP contribution in [0.4, 0.5) is 0 Å². The third kappa shape index (κ3) is 4.52. The maximum atomic E-state index is 12.7. The van der Waals surface area contributed by atoms with Gasteiger partial charge in [-0.05, 0) is 18.1 Å². The Morgan fingerprint density at radius 2 is 1.64 bits per heavy atom. The van der Waals surface area contributed by atoms with Crippen LogP contribution >= 0.6 is 0 Å². The largest absolute Gasteiger partial charge is 0.369 e. The van der Waals surface area contributed by atoms with Gasteiger partial charge in [0, 0.05) is 12.8 Å². The standard InChI is InChI=1S/C13H20N2O5S2/c1-10(2)8-15(9-13(14)16)22(19,20)12-7-5-4-6-11(12)21(3,17)18/h4-7,10H,8-9H2,1-3H3,(H2,14,16). The second-order valence-electron chi connectivity index (χ2n) is 5.38. The van der Waals surface area contributed by atoms with E-state index < -0.39 is 32.3 Å². The van der Waals surface area contributed by atoms with Crippen molar-refractivity contribution in [3.63, 3.8) is 0 Å². The summed E-state index contributed by atoms with van der Waals surface area (Å²) in [5.74, 6) is -0.861. The van der Waals surface area contributed by atoms with Crippen molar-refractivity contribution >= 4 is 25.8 Å². The molecule has 22 heavy (non-hydrogen) atoms. The van der Waals surface area contributed by atoms with Crippen LogP contribution in [0.1, 0.15) is 13.8 Å². The Kier molecular flexibility index (Phi) is 5.71. The molecule has 0 spiro atoms. The predicted molar refractivity (Wildman–Crippen MR) is 82.3 cm³/mol. The van der Waals surface area contributed by atoms with Crippen LogP contribution in [-0.2, 0) is 24.7 Å². The highest BCUT2D eigenvalue weighted by molar-refractivity contribution is 7.93. The van der Waals surface area contributed by atoms with Gasteiger partial charge in [0.05, 0.1) is 11.4 Å². The van der Waals surface area contributed by atoms with Gasteiger partial charge in [-0.25, -0.2) is 16.8 Å². The lowest BCUT2D eigenvalue weighted by atomic mass is 10.2. The Balaban J connectivity index is 3.47. The van der Waals surface area contributed by atoms with Crippen molar-refractivity contribution in [2.24, 2.45) is 11.7 Å². The monoisotopic (exact) mass is 348 g/mol. The number of benzene rings is 1. The molecule has 0 aromatic heterocycles. The van der Waals surface area contributed by atoms with Gasteiger partial charge in [0.1, 0.15) is 4.90 Å². The Bertz CT molecular complexity index is 754. The molecule has 0 bridgehead atoms. The molecular formula is C13H20N2O5S2. The van der Waals surface area contributed by atoms with Crippen LogP contribution in [0, 0.1) is 5.92 Å². The topological polar surface area (TPSA) is 115 Å². The van der Waals surface area contributed by atoms with Crippen LogP contribution in [0.15, 0.2) is 34.1 Å². The van der Waals surface area contributed by atoms with E-state index in [4.69, 9.17) is 5.73 Å². The molecule has 1 aromatic rings. The van der Waals surface area contributed by atoms with E-state index in [-0.39, 0.29) is 22.3 Å². The van der Waals surface area contributed by atoms with Crippen molar-refractivity contribution in [2.45, 2.75) is 23.6 Å². The molecule has 0 aliphatic rings. The number of nitrogens with two attached hydrogens (primary N) is 1. The summed E-state index contributed by atoms with van der Waals surface area (Å²) in [7, 11) is -7.88. The number of hydrogen-bond acceptors (Lipinski definition) is 5. The number of carbonyl (C=O) groups is 1. The van der Waals surface area contributed by atoms with Crippen molar-refractivity contribution in [3.05, 3.63) is 24.3 Å². The molecule has 1 rings (SSSR count). The van der Waals surface area contributed by atoms with Crippen LogP contribution < -0.4 is 5.73 Å². The summed E-state index contributed by atoms with van der Waals surface area (Å²) < 4.78 is 49.9. The fraction of sp³-hybridized carbons (Fsp3) is 0.462. The van der Waals surface area contributed by atoms with E-state index >= 15 is 0 Å². The summed E-state index contributed by atoms with van der Waals surface area (Å²) in [4.78, 5) is 10.5. The molecule has 0 unspecified atom stereocenters. The van der Waals surface area contributed by atoms with Gasteiger partial charge in [0.2, 0.25) is 15.9 Å².